The Kier molecular flexibility index (Phi) is 4.61. The predicted molar refractivity (Wildman–Crippen MR) is 68.5 cm³/mol. The van der Waals surface area contributed by atoms with Crippen molar-refractivity contribution in [2.45, 2.75) is 0 Å². The van der Waals surface area contributed by atoms with Gasteiger partial charge in [-0.3, -0.25) is 0 Å². The second kappa shape index (κ2) is 5.75. The van der Waals surface area contributed by atoms with Crippen molar-refractivity contribution in [3.8, 4) is 11.5 Å². The van der Waals surface area contributed by atoms with E-state index < -0.39 is 0 Å². The van der Waals surface area contributed by atoms with Crippen LogP contribution in [0.3, 0.4) is 0 Å². The smallest absolute Gasteiger partial charge is 0.174 e. The SMILES string of the molecule is COc1cc(/C=N/N(C)C)cc(Br)c1OC. The largest absolute Gasteiger partial charge is 0.493 e. The van der Waals surface area contributed by atoms with Gasteiger partial charge in [0.25, 0.3) is 0 Å². The van der Waals surface area contributed by atoms with Gasteiger partial charge in [0.15, 0.2) is 11.5 Å². The minimum Gasteiger partial charge on any atom is -0.493 e. The van der Waals surface area contributed by atoms with Crippen LogP contribution in [-0.4, -0.2) is 39.5 Å². The Bertz CT molecular complexity index is 392. The van der Waals surface area contributed by atoms with Crippen LogP contribution in [0.4, 0.5) is 0 Å². The molecular formula is C11H15BrN2O2. The summed E-state index contributed by atoms with van der Waals surface area (Å²) in [6.45, 7) is 0. The highest BCUT2D eigenvalue weighted by Gasteiger charge is 2.09. The van der Waals surface area contributed by atoms with Crippen LogP contribution in [0.25, 0.3) is 0 Å². The van der Waals surface area contributed by atoms with Crippen LogP contribution < -0.4 is 9.47 Å². The van der Waals surface area contributed by atoms with Crippen molar-refractivity contribution in [1.82, 2.24) is 5.01 Å². The standard InChI is InChI=1S/C11H15BrN2O2/c1-14(2)13-7-8-5-9(12)11(16-4)10(6-8)15-3/h5-7H,1-4H3/b13-7+. The molecule has 4 nitrogen and oxygen atoms in total. The molecule has 1 aromatic carbocycles. The van der Waals surface area contributed by atoms with Crippen LogP contribution in [0.5, 0.6) is 11.5 Å². The molecule has 0 bridgehead atoms. The summed E-state index contributed by atoms with van der Waals surface area (Å²) in [5.74, 6) is 1.36. The summed E-state index contributed by atoms with van der Waals surface area (Å²) < 4.78 is 11.3. The molecule has 0 fully saturated rings. The summed E-state index contributed by atoms with van der Waals surface area (Å²) in [7, 11) is 6.95. The molecule has 0 unspecified atom stereocenters. The lowest BCUT2D eigenvalue weighted by Gasteiger charge is -2.10. The number of hydrogen-bond donors (Lipinski definition) is 0. The van der Waals surface area contributed by atoms with Crippen molar-refractivity contribution < 1.29 is 9.47 Å². The van der Waals surface area contributed by atoms with Gasteiger partial charge in [-0.2, -0.15) is 5.10 Å². The van der Waals surface area contributed by atoms with Gasteiger partial charge in [-0.15, -0.1) is 0 Å². The molecule has 0 saturated heterocycles. The fourth-order valence-electron chi connectivity index (χ4n) is 1.19. The molecule has 0 aliphatic carbocycles. The first-order valence-corrected chi connectivity index (χ1v) is 5.50. The Hall–Kier alpha value is -1.23. The number of hydrogen-bond acceptors (Lipinski definition) is 4. The van der Waals surface area contributed by atoms with Gasteiger partial charge in [0, 0.05) is 14.1 Å². The van der Waals surface area contributed by atoms with Crippen molar-refractivity contribution in [3.63, 3.8) is 0 Å². The minimum absolute atomic E-state index is 0.678. The van der Waals surface area contributed by atoms with Crippen LogP contribution in [0.2, 0.25) is 0 Å². The van der Waals surface area contributed by atoms with E-state index >= 15 is 0 Å². The zero-order valence-corrected chi connectivity index (χ0v) is 11.4. The molecule has 0 aromatic heterocycles. The molecule has 0 spiro atoms. The lowest BCUT2D eigenvalue weighted by atomic mass is 10.2. The van der Waals surface area contributed by atoms with E-state index in [2.05, 4.69) is 21.0 Å². The van der Waals surface area contributed by atoms with Gasteiger partial charge < -0.3 is 14.5 Å². The minimum atomic E-state index is 0.678. The van der Waals surface area contributed by atoms with Gasteiger partial charge >= 0.3 is 0 Å². The van der Waals surface area contributed by atoms with Crippen molar-refractivity contribution in [2.24, 2.45) is 5.10 Å². The molecule has 1 rings (SSSR count). The normalized spacial score (nSPS) is 10.6. The van der Waals surface area contributed by atoms with Gasteiger partial charge in [0.05, 0.1) is 24.9 Å². The number of nitrogens with zero attached hydrogens (tertiary/aromatic N) is 2. The Balaban J connectivity index is 3.10. The number of hydrazone groups is 1. The first-order valence-electron chi connectivity index (χ1n) is 4.71. The Morgan fingerprint density at radius 2 is 1.94 bits per heavy atom. The highest BCUT2D eigenvalue weighted by Crippen LogP contribution is 2.35. The molecule has 0 atom stereocenters. The number of ether oxygens (including phenoxy) is 2. The van der Waals surface area contributed by atoms with Crippen LogP contribution in [0.1, 0.15) is 5.56 Å². The summed E-state index contributed by atoms with van der Waals surface area (Å²) in [6, 6.07) is 3.80. The Labute approximate surface area is 104 Å². The van der Waals surface area contributed by atoms with Crippen molar-refractivity contribution in [1.29, 1.82) is 0 Å². The van der Waals surface area contributed by atoms with E-state index in [1.54, 1.807) is 25.4 Å². The van der Waals surface area contributed by atoms with E-state index in [9.17, 15) is 0 Å². The van der Waals surface area contributed by atoms with Gasteiger partial charge in [0.1, 0.15) is 0 Å². The van der Waals surface area contributed by atoms with Crippen LogP contribution in [0, 0.1) is 0 Å². The molecule has 0 radical (unpaired) electrons. The lowest BCUT2D eigenvalue weighted by molar-refractivity contribution is 0.353. The molecule has 0 aliphatic rings. The number of benzene rings is 1. The molecule has 0 amide bonds. The summed E-state index contributed by atoms with van der Waals surface area (Å²) in [5, 5.41) is 5.88. The van der Waals surface area contributed by atoms with Crippen molar-refractivity contribution >= 4 is 22.1 Å². The molecule has 0 saturated carbocycles. The molecule has 0 N–H and O–H groups in total. The van der Waals surface area contributed by atoms with Gasteiger partial charge in [-0.05, 0) is 33.6 Å². The average Bonchev–Trinajstić information content (AvgIpc) is 2.25. The van der Waals surface area contributed by atoms with Crippen LogP contribution in [-0.2, 0) is 0 Å². The van der Waals surface area contributed by atoms with Gasteiger partial charge in [-0.1, -0.05) is 0 Å². The summed E-state index contributed by atoms with van der Waals surface area (Å²) in [5.41, 5.74) is 0.943. The third-order valence-electron chi connectivity index (χ3n) is 1.89. The predicted octanol–water partition coefficient (Wildman–Crippen LogP) is 2.36. The second-order valence-electron chi connectivity index (χ2n) is 3.33. The molecule has 16 heavy (non-hydrogen) atoms. The molecule has 0 aliphatic heterocycles. The first-order chi connectivity index (χ1) is 7.58. The quantitative estimate of drug-likeness (QED) is 0.630. The maximum atomic E-state index is 5.23. The molecule has 5 heteroatoms. The van der Waals surface area contributed by atoms with E-state index in [0.29, 0.717) is 11.5 Å². The topological polar surface area (TPSA) is 34.1 Å². The molecule has 88 valence electrons. The maximum Gasteiger partial charge on any atom is 0.174 e. The number of halogens is 1. The van der Waals surface area contributed by atoms with E-state index in [-0.39, 0.29) is 0 Å². The van der Waals surface area contributed by atoms with Crippen molar-refractivity contribution in [3.05, 3.63) is 22.2 Å². The summed E-state index contributed by atoms with van der Waals surface area (Å²) in [4.78, 5) is 0. The summed E-state index contributed by atoms with van der Waals surface area (Å²) >= 11 is 3.43. The Morgan fingerprint density at radius 1 is 1.25 bits per heavy atom. The van der Waals surface area contributed by atoms with E-state index in [1.807, 2.05) is 26.2 Å². The zero-order valence-electron chi connectivity index (χ0n) is 9.82. The first kappa shape index (κ1) is 12.8. The molecule has 1 aromatic rings. The van der Waals surface area contributed by atoms with Crippen LogP contribution in [0.15, 0.2) is 21.7 Å². The monoisotopic (exact) mass is 286 g/mol. The highest BCUT2D eigenvalue weighted by atomic mass is 79.9. The fraction of sp³-hybridized carbons (Fsp3) is 0.364. The third kappa shape index (κ3) is 3.13. The molecular weight excluding hydrogens is 272 g/mol. The second-order valence-corrected chi connectivity index (χ2v) is 4.18. The number of methoxy groups -OCH3 is 2. The third-order valence-corrected chi connectivity index (χ3v) is 2.48. The van der Waals surface area contributed by atoms with Crippen molar-refractivity contribution in [2.75, 3.05) is 28.3 Å². The van der Waals surface area contributed by atoms with E-state index in [0.717, 1.165) is 10.0 Å². The highest BCUT2D eigenvalue weighted by molar-refractivity contribution is 9.10. The summed E-state index contributed by atoms with van der Waals surface area (Å²) in [6.07, 6.45) is 1.76. The van der Waals surface area contributed by atoms with Crippen LogP contribution >= 0.6 is 15.9 Å². The average molecular weight is 287 g/mol. The number of rotatable bonds is 4. The van der Waals surface area contributed by atoms with E-state index in [1.165, 1.54) is 0 Å². The maximum absolute atomic E-state index is 5.23. The fourth-order valence-corrected chi connectivity index (χ4v) is 1.82. The van der Waals surface area contributed by atoms with Gasteiger partial charge in [0.2, 0.25) is 0 Å². The molecule has 0 heterocycles. The van der Waals surface area contributed by atoms with Gasteiger partial charge in [-0.25, -0.2) is 0 Å². The Morgan fingerprint density at radius 3 is 2.44 bits per heavy atom. The lowest BCUT2D eigenvalue weighted by Crippen LogP contribution is -2.02. The zero-order chi connectivity index (χ0) is 12.1. The van der Waals surface area contributed by atoms with E-state index in [4.69, 9.17) is 9.47 Å².